The number of anilines is 1. The van der Waals surface area contributed by atoms with Crippen LogP contribution < -0.4 is 9.62 Å². The molecule has 38 heavy (non-hydrogen) atoms. The summed E-state index contributed by atoms with van der Waals surface area (Å²) in [5.74, 6) is -0.520. The highest BCUT2D eigenvalue weighted by atomic mass is 35.5. The van der Waals surface area contributed by atoms with E-state index in [1.807, 2.05) is 52.8 Å². The first kappa shape index (κ1) is 31.9. The summed E-state index contributed by atoms with van der Waals surface area (Å²) in [7, 11) is -3.58. The number of hydrogen-bond acceptors (Lipinski definition) is 4. The maximum Gasteiger partial charge on any atom is 0.243 e. The lowest BCUT2D eigenvalue weighted by Gasteiger charge is -2.32. The van der Waals surface area contributed by atoms with E-state index in [4.69, 9.17) is 23.2 Å². The van der Waals surface area contributed by atoms with Gasteiger partial charge in [-0.3, -0.25) is 13.9 Å². The third-order valence-corrected chi connectivity index (χ3v) is 8.45. The second kappa shape index (κ2) is 14.2. The maximum atomic E-state index is 13.6. The van der Waals surface area contributed by atoms with E-state index in [1.54, 1.807) is 18.2 Å². The lowest BCUT2D eigenvalue weighted by atomic mass is 10.1. The summed E-state index contributed by atoms with van der Waals surface area (Å²) in [6.07, 6.45) is 2.64. The molecule has 0 aromatic heterocycles. The van der Waals surface area contributed by atoms with Gasteiger partial charge in [0, 0.05) is 41.2 Å². The molecule has 0 radical (unpaired) electrons. The number of aryl methyl sites for hydroxylation is 2. The second-order valence-corrected chi connectivity index (χ2v) is 12.4. The Kier molecular flexibility index (Phi) is 11.9. The molecule has 0 heterocycles. The SMILES string of the molecule is CC[C@H](C(=O)N[C@@H](C)CC)N(Cc1c(Cl)cccc1Cl)C(=O)CCCN(c1cc(C)ccc1C)S(C)(=O)=O. The predicted molar refractivity (Wildman–Crippen MR) is 156 cm³/mol. The molecule has 0 aliphatic rings. The highest BCUT2D eigenvalue weighted by Crippen LogP contribution is 2.28. The Bertz CT molecular complexity index is 1220. The number of rotatable bonds is 13. The van der Waals surface area contributed by atoms with Crippen molar-refractivity contribution in [3.8, 4) is 0 Å². The van der Waals surface area contributed by atoms with Crippen molar-refractivity contribution in [1.82, 2.24) is 10.2 Å². The standard InChI is InChI=1S/C28H39Cl2N3O4S/c1-7-21(5)31-28(35)25(8-2)32(18-22-23(29)11-9-12-24(22)30)27(34)13-10-16-33(38(6,36)37)26-17-19(3)14-15-20(26)4/h9,11-12,14-15,17,21,25H,7-8,10,13,16,18H2,1-6H3,(H,31,35)/t21-,25+/m0/s1. The Morgan fingerprint density at radius 3 is 2.21 bits per heavy atom. The Balaban J connectivity index is 2.32. The van der Waals surface area contributed by atoms with Crippen LogP contribution >= 0.6 is 23.2 Å². The Labute approximate surface area is 237 Å². The van der Waals surface area contributed by atoms with Crippen LogP contribution in [0.3, 0.4) is 0 Å². The summed E-state index contributed by atoms with van der Waals surface area (Å²) in [6.45, 7) is 9.69. The first-order chi connectivity index (χ1) is 17.8. The fraction of sp³-hybridized carbons (Fsp3) is 0.500. The molecule has 0 aliphatic heterocycles. The number of nitrogens with one attached hydrogen (secondary N) is 1. The van der Waals surface area contributed by atoms with Crippen LogP contribution in [0.5, 0.6) is 0 Å². The van der Waals surface area contributed by atoms with Crippen molar-refractivity contribution >= 4 is 50.7 Å². The number of benzene rings is 2. The summed E-state index contributed by atoms with van der Waals surface area (Å²) < 4.78 is 26.6. The zero-order chi connectivity index (χ0) is 28.6. The zero-order valence-corrected chi connectivity index (χ0v) is 25.4. The van der Waals surface area contributed by atoms with E-state index in [1.165, 1.54) is 9.21 Å². The van der Waals surface area contributed by atoms with Gasteiger partial charge in [0.1, 0.15) is 6.04 Å². The van der Waals surface area contributed by atoms with Crippen LogP contribution in [-0.4, -0.2) is 50.0 Å². The van der Waals surface area contributed by atoms with E-state index in [0.717, 1.165) is 23.8 Å². The number of carbonyl (C=O) groups excluding carboxylic acids is 2. The molecule has 0 bridgehead atoms. The second-order valence-electron chi connectivity index (χ2n) is 9.69. The van der Waals surface area contributed by atoms with Crippen LogP contribution in [0.15, 0.2) is 36.4 Å². The molecule has 0 spiro atoms. The molecule has 1 N–H and O–H groups in total. The van der Waals surface area contributed by atoms with Gasteiger partial charge >= 0.3 is 0 Å². The van der Waals surface area contributed by atoms with Crippen molar-refractivity contribution in [3.05, 3.63) is 63.1 Å². The highest BCUT2D eigenvalue weighted by molar-refractivity contribution is 7.92. The van der Waals surface area contributed by atoms with E-state index in [-0.39, 0.29) is 43.8 Å². The summed E-state index contributed by atoms with van der Waals surface area (Å²) >= 11 is 12.8. The average Bonchev–Trinajstić information content (AvgIpc) is 2.84. The van der Waals surface area contributed by atoms with Crippen LogP contribution in [0.1, 0.15) is 63.1 Å². The predicted octanol–water partition coefficient (Wildman–Crippen LogP) is 5.88. The molecule has 0 unspecified atom stereocenters. The molecule has 0 aliphatic carbocycles. The normalized spacial score (nSPS) is 13.1. The smallest absolute Gasteiger partial charge is 0.243 e. The summed E-state index contributed by atoms with van der Waals surface area (Å²) in [4.78, 5) is 28.3. The monoisotopic (exact) mass is 583 g/mol. The molecule has 2 aromatic carbocycles. The van der Waals surface area contributed by atoms with Gasteiger partial charge in [0.2, 0.25) is 21.8 Å². The van der Waals surface area contributed by atoms with Gasteiger partial charge < -0.3 is 10.2 Å². The maximum absolute atomic E-state index is 13.6. The van der Waals surface area contributed by atoms with E-state index in [0.29, 0.717) is 27.7 Å². The topological polar surface area (TPSA) is 86.8 Å². The molecule has 0 saturated heterocycles. The van der Waals surface area contributed by atoms with Crippen molar-refractivity contribution in [3.63, 3.8) is 0 Å². The molecule has 2 rings (SSSR count). The van der Waals surface area contributed by atoms with Crippen LogP contribution in [0.4, 0.5) is 5.69 Å². The Morgan fingerprint density at radius 1 is 1.03 bits per heavy atom. The van der Waals surface area contributed by atoms with Crippen molar-refractivity contribution in [2.24, 2.45) is 0 Å². The fourth-order valence-electron chi connectivity index (χ4n) is 4.18. The average molecular weight is 585 g/mol. The van der Waals surface area contributed by atoms with Gasteiger partial charge in [-0.05, 0) is 69.4 Å². The van der Waals surface area contributed by atoms with Crippen molar-refractivity contribution in [1.29, 1.82) is 0 Å². The zero-order valence-electron chi connectivity index (χ0n) is 23.1. The molecule has 10 heteroatoms. The quantitative estimate of drug-likeness (QED) is 0.319. The van der Waals surface area contributed by atoms with Crippen molar-refractivity contribution in [2.45, 2.75) is 78.9 Å². The largest absolute Gasteiger partial charge is 0.352 e. The van der Waals surface area contributed by atoms with Crippen LogP contribution in [0.2, 0.25) is 10.0 Å². The van der Waals surface area contributed by atoms with Crippen LogP contribution in [-0.2, 0) is 26.2 Å². The van der Waals surface area contributed by atoms with Gasteiger partial charge in [0.05, 0.1) is 11.9 Å². The number of amides is 2. The van der Waals surface area contributed by atoms with Crippen molar-refractivity contribution < 1.29 is 18.0 Å². The molecule has 0 saturated carbocycles. The lowest BCUT2D eigenvalue weighted by Crippen LogP contribution is -2.50. The van der Waals surface area contributed by atoms with Gasteiger partial charge in [0.15, 0.2) is 0 Å². The van der Waals surface area contributed by atoms with Crippen LogP contribution in [0.25, 0.3) is 0 Å². The number of nitrogens with zero attached hydrogens (tertiary/aromatic N) is 2. The van der Waals surface area contributed by atoms with Gasteiger partial charge in [-0.2, -0.15) is 0 Å². The lowest BCUT2D eigenvalue weighted by molar-refractivity contribution is -0.141. The summed E-state index contributed by atoms with van der Waals surface area (Å²) in [5.41, 5.74) is 2.93. The molecular weight excluding hydrogens is 545 g/mol. The summed E-state index contributed by atoms with van der Waals surface area (Å²) in [5, 5.41) is 3.79. The number of carbonyl (C=O) groups is 2. The van der Waals surface area contributed by atoms with Crippen LogP contribution in [0, 0.1) is 13.8 Å². The van der Waals surface area contributed by atoms with Gasteiger partial charge in [-0.15, -0.1) is 0 Å². The number of hydrogen-bond donors (Lipinski definition) is 1. The molecule has 2 amide bonds. The highest BCUT2D eigenvalue weighted by Gasteiger charge is 2.30. The van der Waals surface area contributed by atoms with Gasteiger partial charge in [-0.1, -0.05) is 55.2 Å². The molecule has 7 nitrogen and oxygen atoms in total. The third-order valence-electron chi connectivity index (χ3n) is 6.56. The van der Waals surface area contributed by atoms with E-state index >= 15 is 0 Å². The Hall–Kier alpha value is -2.29. The number of sulfonamides is 1. The molecule has 2 atom stereocenters. The molecular formula is C28H39Cl2N3O4S. The first-order valence-corrected chi connectivity index (χ1v) is 15.5. The van der Waals surface area contributed by atoms with Crippen molar-refractivity contribution in [2.75, 3.05) is 17.1 Å². The van der Waals surface area contributed by atoms with E-state index < -0.39 is 16.1 Å². The fourth-order valence-corrected chi connectivity index (χ4v) is 5.72. The summed E-state index contributed by atoms with van der Waals surface area (Å²) in [6, 6.07) is 9.98. The van der Waals surface area contributed by atoms with E-state index in [2.05, 4.69) is 5.32 Å². The number of halogens is 2. The first-order valence-electron chi connectivity index (χ1n) is 12.9. The Morgan fingerprint density at radius 2 is 1.66 bits per heavy atom. The molecule has 0 fully saturated rings. The molecule has 210 valence electrons. The minimum Gasteiger partial charge on any atom is -0.352 e. The third kappa shape index (κ3) is 8.61. The minimum atomic E-state index is -3.58. The van der Waals surface area contributed by atoms with Gasteiger partial charge in [-0.25, -0.2) is 8.42 Å². The molecule has 2 aromatic rings. The van der Waals surface area contributed by atoms with E-state index in [9.17, 15) is 18.0 Å². The minimum absolute atomic E-state index is 0.0432. The van der Waals surface area contributed by atoms with Gasteiger partial charge in [0.25, 0.3) is 0 Å².